The second-order valence-electron chi connectivity index (χ2n) is 7.58. The molecule has 0 aromatic carbocycles. The van der Waals surface area contributed by atoms with Crippen LogP contribution in [0.5, 0.6) is 0 Å². The molecule has 0 fully saturated rings. The first-order chi connectivity index (χ1) is 12.6. The van der Waals surface area contributed by atoms with E-state index in [1.807, 2.05) is 13.1 Å². The first-order valence-electron chi connectivity index (χ1n) is 9.56. The number of nitrogens with zero attached hydrogens (tertiary/aromatic N) is 3. The molecule has 136 valence electrons. The molecule has 1 aliphatic carbocycles. The summed E-state index contributed by atoms with van der Waals surface area (Å²) in [5, 5.41) is 0. The molecule has 0 spiro atoms. The summed E-state index contributed by atoms with van der Waals surface area (Å²) in [5.74, 6) is 1.62. The number of amidine groups is 1. The Kier molecular flexibility index (Phi) is 4.77. The van der Waals surface area contributed by atoms with Gasteiger partial charge >= 0.3 is 0 Å². The van der Waals surface area contributed by atoms with Gasteiger partial charge in [-0.15, -0.1) is 0 Å². The molecule has 26 heavy (non-hydrogen) atoms. The van der Waals surface area contributed by atoms with E-state index in [9.17, 15) is 0 Å². The van der Waals surface area contributed by atoms with Gasteiger partial charge in [-0.05, 0) is 50.5 Å². The van der Waals surface area contributed by atoms with Crippen molar-refractivity contribution < 1.29 is 4.74 Å². The molecule has 3 heterocycles. The molecule has 3 aliphatic rings. The van der Waals surface area contributed by atoms with Crippen LogP contribution in [0.25, 0.3) is 0 Å². The van der Waals surface area contributed by atoms with Gasteiger partial charge in [0.1, 0.15) is 5.84 Å². The summed E-state index contributed by atoms with van der Waals surface area (Å²) >= 11 is 0. The van der Waals surface area contributed by atoms with Crippen molar-refractivity contribution >= 4 is 5.84 Å². The van der Waals surface area contributed by atoms with Crippen molar-refractivity contribution in [3.8, 4) is 0 Å². The molecule has 3 atom stereocenters. The molecule has 0 radical (unpaired) electrons. The maximum atomic E-state index is 5.88. The highest BCUT2D eigenvalue weighted by molar-refractivity contribution is 5.87. The SMILES string of the molecule is Cc1cc(C2CN=C3CC(C4=CC[C@H](OC(C)C)C=C4)C=CN32)ccn1. The predicted molar refractivity (Wildman–Crippen MR) is 105 cm³/mol. The van der Waals surface area contributed by atoms with Gasteiger partial charge in [-0.25, -0.2) is 0 Å². The Morgan fingerprint density at radius 1 is 1.27 bits per heavy atom. The summed E-state index contributed by atoms with van der Waals surface area (Å²) in [5.41, 5.74) is 3.74. The lowest BCUT2D eigenvalue weighted by atomic mass is 9.88. The Balaban J connectivity index is 1.45. The molecular formula is C22H27N3O. The zero-order chi connectivity index (χ0) is 18.1. The summed E-state index contributed by atoms with van der Waals surface area (Å²) in [6.07, 6.45) is 15.6. The third-order valence-electron chi connectivity index (χ3n) is 5.23. The highest BCUT2D eigenvalue weighted by Gasteiger charge is 2.32. The van der Waals surface area contributed by atoms with E-state index in [-0.39, 0.29) is 12.2 Å². The van der Waals surface area contributed by atoms with Crippen molar-refractivity contribution in [1.82, 2.24) is 9.88 Å². The minimum Gasteiger partial charge on any atom is -0.371 e. The number of hydrogen-bond acceptors (Lipinski definition) is 4. The van der Waals surface area contributed by atoms with Gasteiger partial charge in [0.05, 0.1) is 24.8 Å². The minimum absolute atomic E-state index is 0.214. The molecule has 4 heteroatoms. The van der Waals surface area contributed by atoms with Crippen LogP contribution in [0.3, 0.4) is 0 Å². The number of aromatic nitrogens is 1. The Morgan fingerprint density at radius 3 is 2.88 bits per heavy atom. The van der Waals surface area contributed by atoms with Crippen LogP contribution < -0.4 is 0 Å². The Labute approximate surface area is 156 Å². The highest BCUT2D eigenvalue weighted by Crippen LogP contribution is 2.35. The van der Waals surface area contributed by atoms with Gasteiger partial charge in [-0.3, -0.25) is 9.98 Å². The smallest absolute Gasteiger partial charge is 0.104 e. The van der Waals surface area contributed by atoms with Gasteiger partial charge in [-0.1, -0.05) is 24.3 Å². The number of allylic oxidation sites excluding steroid dienone is 3. The van der Waals surface area contributed by atoms with E-state index < -0.39 is 0 Å². The molecule has 0 saturated carbocycles. The topological polar surface area (TPSA) is 37.7 Å². The summed E-state index contributed by atoms with van der Waals surface area (Å²) < 4.78 is 5.88. The molecule has 2 aliphatic heterocycles. The number of ether oxygens (including phenoxy) is 1. The quantitative estimate of drug-likeness (QED) is 0.810. The van der Waals surface area contributed by atoms with Crippen LogP contribution in [0, 0.1) is 12.8 Å². The van der Waals surface area contributed by atoms with Crippen LogP contribution in [0.2, 0.25) is 0 Å². The van der Waals surface area contributed by atoms with Gasteiger partial charge < -0.3 is 9.64 Å². The molecular weight excluding hydrogens is 322 g/mol. The van der Waals surface area contributed by atoms with Crippen molar-refractivity contribution in [3.05, 3.63) is 65.7 Å². The van der Waals surface area contributed by atoms with Gasteiger partial charge in [0.15, 0.2) is 0 Å². The van der Waals surface area contributed by atoms with E-state index in [0.717, 1.165) is 25.1 Å². The van der Waals surface area contributed by atoms with Crippen LogP contribution >= 0.6 is 0 Å². The summed E-state index contributed by atoms with van der Waals surface area (Å²) in [7, 11) is 0. The summed E-state index contributed by atoms with van der Waals surface area (Å²) in [6, 6.07) is 4.59. The van der Waals surface area contributed by atoms with Gasteiger partial charge in [0.2, 0.25) is 0 Å². The van der Waals surface area contributed by atoms with Crippen molar-refractivity contribution in [2.24, 2.45) is 10.9 Å². The van der Waals surface area contributed by atoms with Crippen LogP contribution in [0.4, 0.5) is 0 Å². The van der Waals surface area contributed by atoms with Gasteiger partial charge in [0.25, 0.3) is 0 Å². The number of pyridine rings is 1. The number of aryl methyl sites for hydroxylation is 1. The van der Waals surface area contributed by atoms with Gasteiger partial charge in [-0.2, -0.15) is 0 Å². The molecule has 1 aromatic rings. The summed E-state index contributed by atoms with van der Waals surface area (Å²) in [4.78, 5) is 11.5. The third-order valence-corrected chi connectivity index (χ3v) is 5.23. The lowest BCUT2D eigenvalue weighted by molar-refractivity contribution is 0.0365. The van der Waals surface area contributed by atoms with Gasteiger partial charge in [0, 0.05) is 30.4 Å². The zero-order valence-corrected chi connectivity index (χ0v) is 15.8. The fraction of sp³-hybridized carbons (Fsp3) is 0.455. The normalized spacial score (nSPS) is 27.5. The van der Waals surface area contributed by atoms with Crippen molar-refractivity contribution in [1.29, 1.82) is 0 Å². The van der Waals surface area contributed by atoms with Crippen molar-refractivity contribution in [2.75, 3.05) is 6.54 Å². The number of fused-ring (bicyclic) bond motifs is 1. The lowest BCUT2D eigenvalue weighted by Gasteiger charge is -2.31. The minimum atomic E-state index is 0.214. The Morgan fingerprint density at radius 2 is 2.15 bits per heavy atom. The van der Waals surface area contributed by atoms with E-state index in [2.05, 4.69) is 66.4 Å². The number of aliphatic imine (C=N–C) groups is 1. The molecule has 0 bridgehead atoms. The first-order valence-corrected chi connectivity index (χ1v) is 9.56. The zero-order valence-electron chi connectivity index (χ0n) is 15.8. The van der Waals surface area contributed by atoms with E-state index in [0.29, 0.717) is 12.0 Å². The average Bonchev–Trinajstić information content (AvgIpc) is 3.05. The fourth-order valence-electron chi connectivity index (χ4n) is 3.98. The standard InChI is InChI=1S/C22H27N3O/c1-15(2)26-20-6-4-17(5-7-20)18-9-11-25-21(14-24-22(25)13-18)19-8-10-23-16(3)12-19/h4-6,8-12,15,18,20-21H,7,13-14H2,1-3H3/t18?,20-,21?/m1/s1. The number of rotatable bonds is 4. The van der Waals surface area contributed by atoms with E-state index in [1.165, 1.54) is 17.0 Å². The first kappa shape index (κ1) is 17.2. The third kappa shape index (κ3) is 3.51. The Bertz CT molecular complexity index is 790. The van der Waals surface area contributed by atoms with E-state index in [4.69, 9.17) is 9.73 Å². The fourth-order valence-corrected chi connectivity index (χ4v) is 3.98. The summed E-state index contributed by atoms with van der Waals surface area (Å²) in [6.45, 7) is 7.05. The Hall–Kier alpha value is -2.20. The number of hydrogen-bond donors (Lipinski definition) is 0. The van der Waals surface area contributed by atoms with E-state index >= 15 is 0 Å². The van der Waals surface area contributed by atoms with E-state index in [1.54, 1.807) is 0 Å². The monoisotopic (exact) mass is 349 g/mol. The van der Waals surface area contributed by atoms with Crippen molar-refractivity contribution in [3.63, 3.8) is 0 Å². The maximum absolute atomic E-state index is 5.88. The highest BCUT2D eigenvalue weighted by atomic mass is 16.5. The van der Waals surface area contributed by atoms with Crippen LogP contribution in [0.1, 0.15) is 44.0 Å². The molecule has 2 unspecified atom stereocenters. The van der Waals surface area contributed by atoms with Crippen LogP contribution in [-0.4, -0.2) is 34.5 Å². The molecule has 0 N–H and O–H groups in total. The largest absolute Gasteiger partial charge is 0.371 e. The van der Waals surface area contributed by atoms with Crippen molar-refractivity contribution in [2.45, 2.75) is 51.9 Å². The predicted octanol–water partition coefficient (Wildman–Crippen LogP) is 4.36. The maximum Gasteiger partial charge on any atom is 0.104 e. The molecule has 0 saturated heterocycles. The van der Waals surface area contributed by atoms with Crippen LogP contribution in [0.15, 0.2) is 59.4 Å². The van der Waals surface area contributed by atoms with Crippen LogP contribution in [-0.2, 0) is 4.74 Å². The molecule has 4 rings (SSSR count). The average molecular weight is 349 g/mol. The molecule has 1 aromatic heterocycles. The second kappa shape index (κ2) is 7.20. The second-order valence-corrected chi connectivity index (χ2v) is 7.58. The molecule has 4 nitrogen and oxygen atoms in total. The lowest BCUT2D eigenvalue weighted by Crippen LogP contribution is -2.31. The molecule has 0 amide bonds.